The molecule has 1 atom stereocenters. The van der Waals surface area contributed by atoms with Crippen molar-refractivity contribution in [1.82, 2.24) is 10.6 Å². The van der Waals surface area contributed by atoms with E-state index in [2.05, 4.69) is 10.6 Å². The molecule has 0 radical (unpaired) electrons. The summed E-state index contributed by atoms with van der Waals surface area (Å²) in [5, 5.41) is 14.1. The third kappa shape index (κ3) is 7.97. The van der Waals surface area contributed by atoms with Crippen LogP contribution in [0.25, 0.3) is 0 Å². The molecule has 0 aromatic carbocycles. The van der Waals surface area contributed by atoms with Gasteiger partial charge in [0.05, 0.1) is 25.1 Å². The lowest BCUT2D eigenvalue weighted by Gasteiger charge is -2.28. The molecule has 0 spiro atoms. The van der Waals surface area contributed by atoms with E-state index in [1.807, 2.05) is 0 Å². The van der Waals surface area contributed by atoms with Gasteiger partial charge in [-0.15, -0.1) is 0 Å². The zero-order valence-corrected chi connectivity index (χ0v) is 14.0. The number of methoxy groups -OCH3 is 1. The minimum absolute atomic E-state index is 0.0844. The fourth-order valence-corrected chi connectivity index (χ4v) is 3.07. The molecule has 3 N–H and O–H groups in total. The lowest BCUT2D eigenvalue weighted by Crippen LogP contribution is -2.53. The Hall–Kier alpha value is -1.63. The van der Waals surface area contributed by atoms with E-state index < -0.39 is 17.4 Å². The molecule has 0 heterocycles. The lowest BCUT2D eigenvalue weighted by molar-refractivity contribution is -0.140. The maximum atomic E-state index is 11.9. The van der Waals surface area contributed by atoms with E-state index in [0.29, 0.717) is 12.3 Å². The van der Waals surface area contributed by atoms with Crippen LogP contribution in [0.4, 0.5) is 0 Å². The number of rotatable bonds is 9. The number of amides is 2. The summed E-state index contributed by atoms with van der Waals surface area (Å²) in [6, 6.07) is 0. The van der Waals surface area contributed by atoms with Crippen molar-refractivity contribution in [2.75, 3.05) is 20.3 Å². The highest BCUT2D eigenvalue weighted by atomic mass is 16.5. The Bertz CT molecular complexity index is 421. The van der Waals surface area contributed by atoms with Crippen LogP contribution in [-0.2, 0) is 19.1 Å². The van der Waals surface area contributed by atoms with Crippen LogP contribution in [0.15, 0.2) is 0 Å². The second-order valence-corrected chi connectivity index (χ2v) is 6.60. The molecular formula is C16H28N2O5. The Morgan fingerprint density at radius 1 is 1.17 bits per heavy atom. The standard InChI is InChI=1S/C16H28N2O5/c1-16(11-23-2,9-15(21)22)18-14(20)10-17-13(19)8-12-6-4-3-5-7-12/h12H,3-11H2,1-2H3,(H,17,19)(H,18,20)(H,21,22). The molecule has 132 valence electrons. The molecular weight excluding hydrogens is 300 g/mol. The lowest BCUT2D eigenvalue weighted by atomic mass is 9.87. The SMILES string of the molecule is COCC(C)(CC(=O)O)NC(=O)CNC(=O)CC1CCCCC1. The molecule has 0 aliphatic heterocycles. The fraction of sp³-hybridized carbons (Fsp3) is 0.812. The van der Waals surface area contributed by atoms with Gasteiger partial charge in [0.25, 0.3) is 0 Å². The zero-order valence-electron chi connectivity index (χ0n) is 14.0. The topological polar surface area (TPSA) is 105 Å². The van der Waals surface area contributed by atoms with Gasteiger partial charge in [-0.25, -0.2) is 0 Å². The third-order valence-electron chi connectivity index (χ3n) is 4.09. The maximum Gasteiger partial charge on any atom is 0.305 e. The smallest absolute Gasteiger partial charge is 0.305 e. The Morgan fingerprint density at radius 3 is 2.39 bits per heavy atom. The molecule has 2 amide bonds. The number of aliphatic carboxylic acids is 1. The zero-order chi connectivity index (χ0) is 17.3. The van der Waals surface area contributed by atoms with Gasteiger partial charge in [-0.2, -0.15) is 0 Å². The molecule has 1 aliphatic carbocycles. The van der Waals surface area contributed by atoms with Crippen LogP contribution < -0.4 is 10.6 Å². The van der Waals surface area contributed by atoms with Gasteiger partial charge in [0.15, 0.2) is 0 Å². The fourth-order valence-electron chi connectivity index (χ4n) is 3.07. The normalized spacial score (nSPS) is 18.0. The summed E-state index contributed by atoms with van der Waals surface area (Å²) in [5.74, 6) is -1.15. The molecule has 7 heteroatoms. The average molecular weight is 328 g/mol. The van der Waals surface area contributed by atoms with Gasteiger partial charge < -0.3 is 20.5 Å². The van der Waals surface area contributed by atoms with E-state index in [-0.39, 0.29) is 25.5 Å². The van der Waals surface area contributed by atoms with Gasteiger partial charge in [-0.05, 0) is 25.7 Å². The van der Waals surface area contributed by atoms with Crippen molar-refractivity contribution in [2.45, 2.75) is 57.4 Å². The first kappa shape index (κ1) is 19.4. The van der Waals surface area contributed by atoms with Gasteiger partial charge in [-0.1, -0.05) is 19.3 Å². The number of ether oxygens (including phenoxy) is 1. The van der Waals surface area contributed by atoms with Crippen molar-refractivity contribution < 1.29 is 24.2 Å². The van der Waals surface area contributed by atoms with Gasteiger partial charge >= 0.3 is 5.97 Å². The number of hydrogen-bond acceptors (Lipinski definition) is 4. The molecule has 1 rings (SSSR count). The van der Waals surface area contributed by atoms with E-state index in [9.17, 15) is 14.4 Å². The van der Waals surface area contributed by atoms with Crippen molar-refractivity contribution in [1.29, 1.82) is 0 Å². The largest absolute Gasteiger partial charge is 0.481 e. The van der Waals surface area contributed by atoms with E-state index in [1.165, 1.54) is 26.4 Å². The van der Waals surface area contributed by atoms with E-state index in [4.69, 9.17) is 9.84 Å². The highest BCUT2D eigenvalue weighted by Crippen LogP contribution is 2.25. The molecule has 1 fully saturated rings. The number of nitrogens with one attached hydrogen (secondary N) is 2. The first-order chi connectivity index (χ1) is 10.8. The molecule has 1 unspecified atom stereocenters. The van der Waals surface area contributed by atoms with Gasteiger partial charge in [0, 0.05) is 13.5 Å². The van der Waals surface area contributed by atoms with Crippen LogP contribution in [0, 0.1) is 5.92 Å². The quantitative estimate of drug-likeness (QED) is 0.587. The summed E-state index contributed by atoms with van der Waals surface area (Å²) in [4.78, 5) is 34.7. The summed E-state index contributed by atoms with van der Waals surface area (Å²) in [5.41, 5.74) is -0.994. The highest BCUT2D eigenvalue weighted by Gasteiger charge is 2.29. The van der Waals surface area contributed by atoms with Crippen molar-refractivity contribution in [3.63, 3.8) is 0 Å². The summed E-state index contributed by atoms with van der Waals surface area (Å²) in [7, 11) is 1.44. The highest BCUT2D eigenvalue weighted by molar-refractivity contribution is 5.85. The molecule has 0 saturated heterocycles. The average Bonchev–Trinajstić information content (AvgIpc) is 2.45. The van der Waals surface area contributed by atoms with Crippen LogP contribution in [0.5, 0.6) is 0 Å². The van der Waals surface area contributed by atoms with Crippen LogP contribution in [0.1, 0.15) is 51.9 Å². The van der Waals surface area contributed by atoms with Crippen molar-refractivity contribution in [3.8, 4) is 0 Å². The Labute approximate surface area is 137 Å². The van der Waals surface area contributed by atoms with E-state index in [0.717, 1.165) is 12.8 Å². The van der Waals surface area contributed by atoms with Crippen molar-refractivity contribution in [2.24, 2.45) is 5.92 Å². The van der Waals surface area contributed by atoms with Crippen LogP contribution in [0.2, 0.25) is 0 Å². The predicted molar refractivity (Wildman–Crippen MR) is 84.9 cm³/mol. The minimum atomic E-state index is -1.02. The molecule has 23 heavy (non-hydrogen) atoms. The van der Waals surface area contributed by atoms with Crippen LogP contribution in [-0.4, -0.2) is 48.7 Å². The minimum Gasteiger partial charge on any atom is -0.481 e. The second-order valence-electron chi connectivity index (χ2n) is 6.60. The van der Waals surface area contributed by atoms with Gasteiger partial charge in [0.1, 0.15) is 0 Å². The third-order valence-corrected chi connectivity index (χ3v) is 4.09. The first-order valence-corrected chi connectivity index (χ1v) is 8.13. The van der Waals surface area contributed by atoms with E-state index in [1.54, 1.807) is 6.92 Å². The monoisotopic (exact) mass is 328 g/mol. The Kier molecular flexibility index (Phi) is 8.02. The molecule has 1 aliphatic rings. The summed E-state index contributed by atoms with van der Waals surface area (Å²) in [6.45, 7) is 1.54. The van der Waals surface area contributed by atoms with Gasteiger partial charge in [0.2, 0.25) is 11.8 Å². The summed E-state index contributed by atoms with van der Waals surface area (Å²) < 4.78 is 4.97. The molecule has 0 aromatic heterocycles. The number of carbonyl (C=O) groups is 3. The second kappa shape index (κ2) is 9.50. The predicted octanol–water partition coefficient (Wildman–Crippen LogP) is 1.07. The van der Waals surface area contributed by atoms with Crippen LogP contribution >= 0.6 is 0 Å². The van der Waals surface area contributed by atoms with Gasteiger partial charge in [-0.3, -0.25) is 14.4 Å². The molecule has 0 bridgehead atoms. The summed E-state index contributed by atoms with van der Waals surface area (Å²) >= 11 is 0. The molecule has 0 aromatic rings. The molecule has 7 nitrogen and oxygen atoms in total. The van der Waals surface area contributed by atoms with Crippen molar-refractivity contribution in [3.05, 3.63) is 0 Å². The first-order valence-electron chi connectivity index (χ1n) is 8.13. The molecule has 1 saturated carbocycles. The van der Waals surface area contributed by atoms with Crippen LogP contribution in [0.3, 0.4) is 0 Å². The Balaban J connectivity index is 2.36. The summed E-state index contributed by atoms with van der Waals surface area (Å²) in [6.07, 6.45) is 5.93. The van der Waals surface area contributed by atoms with E-state index >= 15 is 0 Å². The Morgan fingerprint density at radius 2 is 1.83 bits per heavy atom. The van der Waals surface area contributed by atoms with Crippen molar-refractivity contribution >= 4 is 17.8 Å². The number of carbonyl (C=O) groups excluding carboxylic acids is 2. The number of carboxylic acid groups (broad SMARTS) is 1. The number of carboxylic acids is 1. The number of hydrogen-bond donors (Lipinski definition) is 3. The maximum absolute atomic E-state index is 11.9.